The smallest absolute Gasteiger partial charge is 0 e. The molecule has 0 amide bonds. The van der Waals surface area contributed by atoms with Crippen LogP contribution >= 0.6 is 11.3 Å². The minimum absolute atomic E-state index is 0. The van der Waals surface area contributed by atoms with Gasteiger partial charge >= 0.3 is 90.4 Å². The van der Waals surface area contributed by atoms with Gasteiger partial charge in [-0.3, -0.25) is 0 Å². The van der Waals surface area contributed by atoms with E-state index in [1.54, 1.807) is 11.3 Å². The molecule has 0 saturated heterocycles. The van der Waals surface area contributed by atoms with Gasteiger partial charge in [0.2, 0.25) is 0 Å². The van der Waals surface area contributed by atoms with E-state index in [4.69, 9.17) is 37.2 Å². The minimum atomic E-state index is 0. The Kier molecular flexibility index (Phi) is 1750. The molecule has 0 aromatic carbocycles. The topological polar surface area (TPSA) is 159 Å². The van der Waals surface area contributed by atoms with Crippen molar-refractivity contribution in [1.82, 2.24) is 0 Å². The maximum absolute atomic E-state index is 7.50. The molecule has 1 rings (SSSR count). The maximum atomic E-state index is 7.50. The summed E-state index contributed by atoms with van der Waals surface area (Å²) in [5, 5.41) is 4.89. The molecule has 1 radical (unpaired) electrons. The van der Waals surface area contributed by atoms with E-state index in [1.807, 2.05) is 17.5 Å². The molecule has 0 aliphatic carbocycles. The molecular formula is C12H3CrMnO8S-. The van der Waals surface area contributed by atoms with Crippen LogP contribution in [0, 0.1) is 58.6 Å². The largest absolute Gasteiger partial charge is 0.304 e. The van der Waals surface area contributed by atoms with Crippen LogP contribution in [0.4, 0.5) is 0 Å². The Hall–Kier alpha value is -1.33. The molecule has 11 heteroatoms. The van der Waals surface area contributed by atoms with Gasteiger partial charge in [0.1, 0.15) is 0 Å². The van der Waals surface area contributed by atoms with Gasteiger partial charge in [0.15, 0.2) is 0 Å². The average molecular weight is 414 g/mol. The van der Waals surface area contributed by atoms with Crippen LogP contribution in [0.25, 0.3) is 0 Å². The molecule has 1 heterocycles. The molecule has 1 aromatic heterocycles. The van der Waals surface area contributed by atoms with Crippen molar-refractivity contribution in [2.75, 3.05) is 0 Å². The second-order valence-corrected chi connectivity index (χ2v) is 1.47. The summed E-state index contributed by atoms with van der Waals surface area (Å²) in [5.41, 5.74) is 0. The van der Waals surface area contributed by atoms with E-state index in [9.17, 15) is 0 Å². The first kappa shape index (κ1) is 68.0. The van der Waals surface area contributed by atoms with E-state index in [0.717, 1.165) is 0 Å². The van der Waals surface area contributed by atoms with Gasteiger partial charge in [-0.05, 0) is 0 Å². The molecule has 1 aromatic rings. The van der Waals surface area contributed by atoms with Crippen molar-refractivity contribution in [3.05, 3.63) is 76.1 Å². The molecule has 0 unspecified atom stereocenters. The van der Waals surface area contributed by atoms with E-state index in [1.165, 1.54) is 0 Å². The normalized spacial score (nSPS) is 2.43. The Morgan fingerprint density at radius 3 is 0.826 bits per heavy atom. The number of hydrogen-bond donors (Lipinski definition) is 0. The van der Waals surface area contributed by atoms with E-state index >= 15 is 0 Å². The van der Waals surface area contributed by atoms with Gasteiger partial charge < -0.3 is 11.3 Å². The van der Waals surface area contributed by atoms with Crippen molar-refractivity contribution in [2.45, 2.75) is 0 Å². The molecular weight excluding hydrogens is 411 g/mol. The van der Waals surface area contributed by atoms with E-state index in [-0.39, 0.29) is 34.4 Å². The van der Waals surface area contributed by atoms with E-state index in [2.05, 4.69) is 58.6 Å². The zero-order valence-electron chi connectivity index (χ0n) is 10.7. The third-order valence-electron chi connectivity index (χ3n) is 0.379. The predicted molar refractivity (Wildman–Crippen MR) is 54.6 cm³/mol. The van der Waals surface area contributed by atoms with Crippen molar-refractivity contribution < 1.29 is 71.6 Å². The zero-order chi connectivity index (χ0) is 19.5. The van der Waals surface area contributed by atoms with Crippen LogP contribution in [0.15, 0.2) is 17.5 Å². The molecule has 0 fully saturated rings. The number of thiophene rings is 1. The van der Waals surface area contributed by atoms with Gasteiger partial charge in [-0.2, -0.15) is 11.4 Å². The molecule has 8 nitrogen and oxygen atoms in total. The summed E-state index contributed by atoms with van der Waals surface area (Å²) in [6.07, 6.45) is 0. The standard InChI is InChI=1S/C4H3S.8CO.Cr.Mn/c1-2-4-5-3-1;8*1-2;;/h1-3H;;;;;;;;;;/q-1;;;;;;;;;;. The van der Waals surface area contributed by atoms with Crippen molar-refractivity contribution in [3.8, 4) is 0 Å². The minimum Gasteiger partial charge on any atom is -0.304 e. The molecule has 0 aliphatic heterocycles. The predicted octanol–water partition coefficient (Wildman–Crippen LogP) is 1.24. The fraction of sp³-hybridized carbons (Fsp3) is 0. The molecule has 23 heavy (non-hydrogen) atoms. The molecule has 0 atom stereocenters. The Morgan fingerprint density at radius 2 is 0.783 bits per heavy atom. The Labute approximate surface area is 159 Å². The summed E-state index contributed by atoms with van der Waals surface area (Å²) >= 11 is 1.59. The van der Waals surface area contributed by atoms with Crippen LogP contribution in [0.1, 0.15) is 0 Å². The van der Waals surface area contributed by atoms with Crippen LogP contribution < -0.4 is 0 Å². The molecule has 0 saturated carbocycles. The van der Waals surface area contributed by atoms with E-state index in [0.29, 0.717) is 0 Å². The third kappa shape index (κ3) is 535. The quantitative estimate of drug-likeness (QED) is 0.340. The fourth-order valence-electron chi connectivity index (χ4n) is 0.196. The Bertz CT molecular complexity index is 273. The first-order valence-electron chi connectivity index (χ1n) is 3.03. The molecule has 0 bridgehead atoms. The summed E-state index contributed by atoms with van der Waals surface area (Å²) in [6.45, 7) is 36.0. The molecule has 0 aliphatic rings. The summed E-state index contributed by atoms with van der Waals surface area (Å²) in [5.74, 6) is 0. The number of hydrogen-bond acceptors (Lipinski definition) is 1. The molecule has 0 N–H and O–H groups in total. The van der Waals surface area contributed by atoms with Crippen LogP contribution in [-0.4, -0.2) is 0 Å². The van der Waals surface area contributed by atoms with Crippen LogP contribution in [0.3, 0.4) is 0 Å². The molecule has 0 spiro atoms. The average Bonchev–Trinajstić information content (AvgIpc) is 3.28. The van der Waals surface area contributed by atoms with Gasteiger partial charge in [0.05, 0.1) is 0 Å². The van der Waals surface area contributed by atoms with Crippen LogP contribution in [-0.2, 0) is 71.6 Å². The third-order valence-corrected chi connectivity index (χ3v) is 0.944. The SMILES string of the molecule is [C-]#[O+].[C-]#[O+].[C-]#[O+].[C-]#[O+].[C-]#[O+].[C-]#[O+].[C-]#[O+].[C-]#[O+].[Cr].[Mn].[c-]1cccs1. The summed E-state index contributed by atoms with van der Waals surface area (Å²) in [4.78, 5) is 0. The second kappa shape index (κ2) is 593. The van der Waals surface area contributed by atoms with Crippen LogP contribution in [0.2, 0.25) is 0 Å². The van der Waals surface area contributed by atoms with Gasteiger partial charge in [-0.15, -0.1) is 5.38 Å². The Morgan fingerprint density at radius 1 is 0.565 bits per heavy atom. The second-order valence-electron chi connectivity index (χ2n) is 0.731. The number of rotatable bonds is 0. The van der Waals surface area contributed by atoms with Crippen LogP contribution in [0.5, 0.6) is 0 Å². The Balaban J connectivity index is -0.0000000107. The van der Waals surface area contributed by atoms with Crippen molar-refractivity contribution in [2.24, 2.45) is 0 Å². The molecule has 119 valence electrons. The summed E-state index contributed by atoms with van der Waals surface area (Å²) < 4.78 is 60.0. The van der Waals surface area contributed by atoms with Crippen molar-refractivity contribution >= 4 is 11.3 Å². The van der Waals surface area contributed by atoms with E-state index < -0.39 is 0 Å². The van der Waals surface area contributed by atoms with Gasteiger partial charge in [0, 0.05) is 34.4 Å². The maximum Gasteiger partial charge on any atom is 0 e. The van der Waals surface area contributed by atoms with Gasteiger partial charge in [-0.25, -0.2) is 6.07 Å². The summed E-state index contributed by atoms with van der Waals surface area (Å²) in [6, 6.07) is 3.86. The first-order valence-corrected chi connectivity index (χ1v) is 3.91. The first-order chi connectivity index (χ1) is 10.5. The monoisotopic (exact) mass is 414 g/mol. The summed E-state index contributed by atoms with van der Waals surface area (Å²) in [7, 11) is 0. The van der Waals surface area contributed by atoms with Crippen molar-refractivity contribution in [1.29, 1.82) is 0 Å². The fourth-order valence-corrected chi connectivity index (χ4v) is 0.589. The van der Waals surface area contributed by atoms with Gasteiger partial charge in [0.25, 0.3) is 0 Å². The zero-order valence-corrected chi connectivity index (χ0v) is 14.0. The van der Waals surface area contributed by atoms with Crippen molar-refractivity contribution in [3.63, 3.8) is 0 Å². The van der Waals surface area contributed by atoms with Gasteiger partial charge in [-0.1, -0.05) is 0 Å².